The molecule has 0 saturated carbocycles. The van der Waals surface area contributed by atoms with E-state index in [1.165, 1.54) is 17.7 Å². The summed E-state index contributed by atoms with van der Waals surface area (Å²) in [6.07, 6.45) is 1.37. The van der Waals surface area contributed by atoms with Crippen LogP contribution in [0.1, 0.15) is 54.1 Å². The second-order valence-electron chi connectivity index (χ2n) is 9.44. The molecule has 0 unspecified atom stereocenters. The van der Waals surface area contributed by atoms with E-state index in [1.807, 2.05) is 37.3 Å². The molecule has 1 aliphatic heterocycles. The Morgan fingerprint density at radius 3 is 2.08 bits per heavy atom. The molecule has 0 spiro atoms. The normalized spacial score (nSPS) is 15.1. The van der Waals surface area contributed by atoms with Crippen molar-refractivity contribution in [2.75, 3.05) is 17.2 Å². The van der Waals surface area contributed by atoms with Crippen molar-refractivity contribution in [1.29, 1.82) is 0 Å². The molecule has 4 rings (SSSR count). The van der Waals surface area contributed by atoms with Gasteiger partial charge in [-0.2, -0.15) is 0 Å². The topological polar surface area (TPSA) is 102 Å². The van der Waals surface area contributed by atoms with E-state index in [1.54, 1.807) is 29.2 Å². The van der Waals surface area contributed by atoms with Crippen LogP contribution in [0.15, 0.2) is 66.7 Å². The van der Waals surface area contributed by atoms with Crippen molar-refractivity contribution in [3.63, 3.8) is 0 Å². The lowest BCUT2D eigenvalue weighted by molar-refractivity contribution is -0.255. The van der Waals surface area contributed by atoms with E-state index in [0.29, 0.717) is 24.6 Å². The number of carboxylic acid groups (broad SMARTS) is 1. The minimum Gasteiger partial charge on any atom is -0.545 e. The van der Waals surface area contributed by atoms with Crippen LogP contribution in [0.5, 0.6) is 0 Å². The molecule has 3 amide bonds. The molecule has 0 radical (unpaired) electrons. The van der Waals surface area contributed by atoms with Gasteiger partial charge < -0.3 is 25.4 Å². The zero-order chi connectivity index (χ0) is 25.8. The number of carbonyl (C=O) groups is 3. The van der Waals surface area contributed by atoms with Crippen molar-refractivity contribution >= 4 is 29.3 Å². The molecule has 7 heteroatoms. The zero-order valence-electron chi connectivity index (χ0n) is 20.7. The number of aromatic carboxylic acids is 1. The summed E-state index contributed by atoms with van der Waals surface area (Å²) in [6, 6.07) is 18.8. The lowest BCUT2D eigenvalue weighted by Gasteiger charge is -2.24. The monoisotopic (exact) mass is 484 g/mol. The number of benzene rings is 3. The lowest BCUT2D eigenvalue weighted by Crippen LogP contribution is -2.45. The number of likely N-dealkylation sites (tertiary alicyclic amines) is 1. The van der Waals surface area contributed by atoms with Gasteiger partial charge in [-0.15, -0.1) is 0 Å². The van der Waals surface area contributed by atoms with Gasteiger partial charge in [0.2, 0.25) is 5.91 Å². The SMILES string of the molecule is Cc1cc(NC(=O)N2CCC[C@@H]2C(=O)Nc2ccc(-c3ccc(C(=O)[O-])cc3)cc2)ccc1C(C)C. The molecule has 0 aliphatic carbocycles. The fourth-order valence-electron chi connectivity index (χ4n) is 4.65. The van der Waals surface area contributed by atoms with Crippen LogP contribution < -0.4 is 15.7 Å². The highest BCUT2D eigenvalue weighted by Crippen LogP contribution is 2.26. The first kappa shape index (κ1) is 25.0. The van der Waals surface area contributed by atoms with Gasteiger partial charge in [-0.25, -0.2) is 4.79 Å². The molecule has 7 nitrogen and oxygen atoms in total. The van der Waals surface area contributed by atoms with E-state index in [0.717, 1.165) is 28.8 Å². The Morgan fingerprint density at radius 2 is 1.50 bits per heavy atom. The van der Waals surface area contributed by atoms with Gasteiger partial charge in [0, 0.05) is 17.9 Å². The first-order valence-corrected chi connectivity index (χ1v) is 12.1. The van der Waals surface area contributed by atoms with Crippen LogP contribution in [-0.2, 0) is 4.79 Å². The third kappa shape index (κ3) is 5.57. The summed E-state index contributed by atoms with van der Waals surface area (Å²) in [4.78, 5) is 38.5. The summed E-state index contributed by atoms with van der Waals surface area (Å²) in [6.45, 7) is 6.83. The van der Waals surface area contributed by atoms with Gasteiger partial charge in [-0.3, -0.25) is 4.79 Å². The summed E-state index contributed by atoms with van der Waals surface area (Å²) in [5.41, 5.74) is 5.57. The van der Waals surface area contributed by atoms with Crippen LogP contribution in [0.25, 0.3) is 11.1 Å². The Kier molecular flexibility index (Phi) is 7.38. The molecule has 3 aromatic rings. The molecule has 1 heterocycles. The second-order valence-corrected chi connectivity index (χ2v) is 9.44. The fourth-order valence-corrected chi connectivity index (χ4v) is 4.65. The Hall–Kier alpha value is -4.13. The van der Waals surface area contributed by atoms with Crippen molar-refractivity contribution in [3.8, 4) is 11.1 Å². The maximum atomic E-state index is 13.0. The minimum absolute atomic E-state index is 0.121. The molecule has 186 valence electrons. The van der Waals surface area contributed by atoms with Crippen LogP contribution >= 0.6 is 0 Å². The Labute approximate surface area is 211 Å². The van der Waals surface area contributed by atoms with E-state index in [2.05, 4.69) is 24.5 Å². The first-order chi connectivity index (χ1) is 17.2. The summed E-state index contributed by atoms with van der Waals surface area (Å²) in [5.74, 6) is -1.03. The number of amides is 3. The van der Waals surface area contributed by atoms with Gasteiger partial charge >= 0.3 is 6.03 Å². The third-order valence-corrected chi connectivity index (χ3v) is 6.57. The number of nitrogens with one attached hydrogen (secondary N) is 2. The predicted molar refractivity (Wildman–Crippen MR) is 139 cm³/mol. The van der Waals surface area contributed by atoms with Crippen LogP contribution in [0.4, 0.5) is 16.2 Å². The number of carboxylic acids is 1. The van der Waals surface area contributed by atoms with Crippen LogP contribution in [0, 0.1) is 6.92 Å². The number of nitrogens with zero attached hydrogens (tertiary/aromatic N) is 1. The summed E-state index contributed by atoms with van der Waals surface area (Å²) in [7, 11) is 0. The Morgan fingerprint density at radius 1 is 0.889 bits per heavy atom. The van der Waals surface area contributed by atoms with Crippen LogP contribution in [-0.4, -0.2) is 35.4 Å². The molecule has 1 saturated heterocycles. The first-order valence-electron chi connectivity index (χ1n) is 12.1. The second kappa shape index (κ2) is 10.6. The molecule has 1 fully saturated rings. The van der Waals surface area contributed by atoms with E-state index >= 15 is 0 Å². The molecule has 36 heavy (non-hydrogen) atoms. The average molecular weight is 485 g/mol. The number of urea groups is 1. The minimum atomic E-state index is -1.21. The smallest absolute Gasteiger partial charge is 0.322 e. The number of anilines is 2. The number of hydrogen-bond acceptors (Lipinski definition) is 4. The highest BCUT2D eigenvalue weighted by Gasteiger charge is 2.34. The maximum absolute atomic E-state index is 13.0. The van der Waals surface area contributed by atoms with Gasteiger partial charge in [-0.1, -0.05) is 56.3 Å². The summed E-state index contributed by atoms with van der Waals surface area (Å²) in [5, 5.41) is 16.8. The van der Waals surface area contributed by atoms with Gasteiger partial charge in [-0.05, 0) is 77.8 Å². The van der Waals surface area contributed by atoms with E-state index in [4.69, 9.17) is 0 Å². The van der Waals surface area contributed by atoms with E-state index in [9.17, 15) is 19.5 Å². The quantitative estimate of drug-likeness (QED) is 0.525. The molecule has 0 bridgehead atoms. The van der Waals surface area contributed by atoms with Crippen molar-refractivity contribution in [3.05, 3.63) is 83.4 Å². The summed E-state index contributed by atoms with van der Waals surface area (Å²) < 4.78 is 0. The third-order valence-electron chi connectivity index (χ3n) is 6.57. The number of rotatable bonds is 6. The van der Waals surface area contributed by atoms with Crippen LogP contribution in [0.3, 0.4) is 0 Å². The van der Waals surface area contributed by atoms with Crippen molar-refractivity contribution < 1.29 is 19.5 Å². The zero-order valence-corrected chi connectivity index (χ0v) is 20.7. The van der Waals surface area contributed by atoms with Gasteiger partial charge in [0.1, 0.15) is 6.04 Å². The Bertz CT molecular complexity index is 1270. The van der Waals surface area contributed by atoms with Crippen molar-refractivity contribution in [2.24, 2.45) is 0 Å². The van der Waals surface area contributed by atoms with Crippen molar-refractivity contribution in [2.45, 2.75) is 45.6 Å². The van der Waals surface area contributed by atoms with Crippen molar-refractivity contribution in [1.82, 2.24) is 4.90 Å². The molecule has 2 N–H and O–H groups in total. The average Bonchev–Trinajstić information content (AvgIpc) is 3.35. The summed E-state index contributed by atoms with van der Waals surface area (Å²) >= 11 is 0. The van der Waals surface area contributed by atoms with Gasteiger partial charge in [0.25, 0.3) is 0 Å². The Balaban J connectivity index is 1.39. The largest absolute Gasteiger partial charge is 0.545 e. The predicted octanol–water partition coefficient (Wildman–Crippen LogP) is 4.78. The fraction of sp³-hybridized carbons (Fsp3) is 0.276. The standard InChI is InChI=1S/C29H31N3O4/c1-18(2)25-15-14-24(17-19(25)3)31-29(36)32-16-4-5-26(32)27(33)30-23-12-10-21(11-13-23)20-6-8-22(9-7-20)28(34)35/h6-15,17-18,26H,4-5,16H2,1-3H3,(H,30,33)(H,31,36)(H,34,35)/p-1/t26-/m1/s1. The molecule has 1 aliphatic rings. The molecule has 3 aromatic carbocycles. The highest BCUT2D eigenvalue weighted by molar-refractivity contribution is 5.99. The lowest BCUT2D eigenvalue weighted by atomic mass is 9.98. The van der Waals surface area contributed by atoms with E-state index < -0.39 is 12.0 Å². The van der Waals surface area contributed by atoms with Crippen LogP contribution in [0.2, 0.25) is 0 Å². The number of hydrogen-bond donors (Lipinski definition) is 2. The molecule has 0 aromatic heterocycles. The maximum Gasteiger partial charge on any atom is 0.322 e. The molecule has 1 atom stereocenters. The number of carbonyl (C=O) groups excluding carboxylic acids is 3. The van der Waals surface area contributed by atoms with E-state index in [-0.39, 0.29) is 17.5 Å². The molecular formula is C29H30N3O4-. The molecular weight excluding hydrogens is 454 g/mol. The van der Waals surface area contributed by atoms with Gasteiger partial charge in [0.05, 0.1) is 5.97 Å². The highest BCUT2D eigenvalue weighted by atomic mass is 16.4. The number of aryl methyl sites for hydroxylation is 1. The van der Waals surface area contributed by atoms with Gasteiger partial charge in [0.15, 0.2) is 0 Å².